The Bertz CT molecular complexity index is 478. The van der Waals surface area contributed by atoms with Crippen LogP contribution in [0.5, 0.6) is 0 Å². The largest absolute Gasteiger partial charge is 0.232 e. The third-order valence-corrected chi connectivity index (χ3v) is 7.03. The molecule has 0 N–H and O–H groups in total. The van der Waals surface area contributed by atoms with Crippen LogP contribution in [0.25, 0.3) is 0 Å². The highest BCUT2D eigenvalue weighted by Gasteiger charge is 2.16. The van der Waals surface area contributed by atoms with Crippen molar-refractivity contribution in [3.63, 3.8) is 0 Å². The fourth-order valence-corrected chi connectivity index (χ4v) is 5.06. The Morgan fingerprint density at radius 2 is 2.00 bits per heavy atom. The molecule has 102 valence electrons. The van der Waals surface area contributed by atoms with Crippen LogP contribution in [0.2, 0.25) is 0 Å². The summed E-state index contributed by atoms with van der Waals surface area (Å²) >= 11 is 3.05. The number of hydrogen-bond acceptors (Lipinski definition) is 6. The van der Waals surface area contributed by atoms with Gasteiger partial charge in [-0.15, -0.1) is 10.2 Å². The van der Waals surface area contributed by atoms with Crippen LogP contribution >= 0.6 is 23.1 Å². The number of hydrogen-bond donors (Lipinski definition) is 0. The topological polar surface area (TPSA) is 59.9 Å². The summed E-state index contributed by atoms with van der Waals surface area (Å²) in [6.45, 7) is 0. The molecule has 0 saturated heterocycles. The van der Waals surface area contributed by atoms with E-state index in [0.29, 0.717) is 0 Å². The summed E-state index contributed by atoms with van der Waals surface area (Å²) in [4.78, 5) is 0. The quantitative estimate of drug-likeness (QED) is 0.837. The molecule has 1 aliphatic rings. The maximum atomic E-state index is 11.3. The lowest BCUT2D eigenvalue weighted by molar-refractivity contribution is 0.391. The van der Waals surface area contributed by atoms with Crippen molar-refractivity contribution in [2.75, 3.05) is 12.0 Å². The predicted octanol–water partition coefficient (Wildman–Crippen LogP) is 2.76. The highest BCUT2D eigenvalue weighted by atomic mass is 32.2. The average Bonchev–Trinajstić information content (AvgIpc) is 2.79. The van der Waals surface area contributed by atoms with E-state index in [0.717, 1.165) is 22.4 Å². The van der Waals surface area contributed by atoms with Crippen LogP contribution < -0.4 is 0 Å². The van der Waals surface area contributed by atoms with Crippen molar-refractivity contribution in [2.24, 2.45) is 5.92 Å². The van der Waals surface area contributed by atoms with Crippen LogP contribution in [0.15, 0.2) is 4.34 Å². The highest BCUT2D eigenvalue weighted by Crippen LogP contribution is 2.28. The molecule has 0 unspecified atom stereocenters. The van der Waals surface area contributed by atoms with E-state index in [2.05, 4.69) is 10.2 Å². The average molecular weight is 306 g/mol. The third kappa shape index (κ3) is 4.20. The van der Waals surface area contributed by atoms with E-state index in [1.165, 1.54) is 49.7 Å². The van der Waals surface area contributed by atoms with Crippen LogP contribution in [-0.4, -0.2) is 30.6 Å². The molecule has 18 heavy (non-hydrogen) atoms. The van der Waals surface area contributed by atoms with Gasteiger partial charge in [0, 0.05) is 12.0 Å². The van der Waals surface area contributed by atoms with E-state index < -0.39 is 9.84 Å². The smallest absolute Gasteiger partial charge is 0.221 e. The molecule has 0 amide bonds. The van der Waals surface area contributed by atoms with E-state index in [1.54, 1.807) is 0 Å². The van der Waals surface area contributed by atoms with Crippen molar-refractivity contribution in [1.29, 1.82) is 0 Å². The van der Waals surface area contributed by atoms with Crippen molar-refractivity contribution in [3.8, 4) is 0 Å². The first-order chi connectivity index (χ1) is 8.55. The second kappa shape index (κ2) is 6.34. The van der Waals surface area contributed by atoms with Crippen LogP contribution in [0.1, 0.15) is 37.1 Å². The summed E-state index contributed by atoms with van der Waals surface area (Å²) in [7, 11) is -3.19. The van der Waals surface area contributed by atoms with E-state index in [-0.39, 0.29) is 4.34 Å². The van der Waals surface area contributed by atoms with E-state index >= 15 is 0 Å². The lowest BCUT2D eigenvalue weighted by Gasteiger charge is -2.20. The standard InChI is InChI=1S/C11H18N2O2S3/c1-18(14,15)11-13-12-10(17-11)8-16-7-9-5-3-2-4-6-9/h9H,2-8H2,1H3. The minimum atomic E-state index is -3.19. The summed E-state index contributed by atoms with van der Waals surface area (Å²) in [6.07, 6.45) is 7.97. The number of nitrogens with zero attached hydrogens (tertiary/aromatic N) is 2. The lowest BCUT2D eigenvalue weighted by atomic mass is 9.91. The fraction of sp³-hybridized carbons (Fsp3) is 0.818. The molecular formula is C11H18N2O2S3. The van der Waals surface area contributed by atoms with Gasteiger partial charge in [0.05, 0.1) is 0 Å². The van der Waals surface area contributed by atoms with Gasteiger partial charge in [-0.25, -0.2) is 8.42 Å². The van der Waals surface area contributed by atoms with Crippen LogP contribution in [0.3, 0.4) is 0 Å². The molecule has 0 spiro atoms. The summed E-state index contributed by atoms with van der Waals surface area (Å²) < 4.78 is 22.7. The first-order valence-corrected chi connectivity index (χ1v) is 10.0. The molecule has 4 nitrogen and oxygen atoms in total. The maximum absolute atomic E-state index is 11.3. The summed E-state index contributed by atoms with van der Waals surface area (Å²) in [6, 6.07) is 0. The molecule has 0 atom stereocenters. The van der Waals surface area contributed by atoms with Gasteiger partial charge < -0.3 is 0 Å². The number of aromatic nitrogens is 2. The van der Waals surface area contributed by atoms with Gasteiger partial charge in [0.1, 0.15) is 5.01 Å². The molecule has 1 aliphatic carbocycles. The molecule has 7 heteroatoms. The van der Waals surface area contributed by atoms with Gasteiger partial charge in [0.15, 0.2) is 0 Å². The van der Waals surface area contributed by atoms with Crippen molar-refractivity contribution in [2.45, 2.75) is 42.2 Å². The number of thioether (sulfide) groups is 1. The van der Waals surface area contributed by atoms with Gasteiger partial charge in [-0.3, -0.25) is 0 Å². The highest BCUT2D eigenvalue weighted by molar-refractivity contribution is 7.98. The zero-order valence-electron chi connectivity index (χ0n) is 10.5. The minimum absolute atomic E-state index is 0.135. The van der Waals surface area contributed by atoms with Gasteiger partial charge in [0.25, 0.3) is 0 Å². The molecule has 1 fully saturated rings. The molecule has 0 aliphatic heterocycles. The maximum Gasteiger partial charge on any atom is 0.232 e. The van der Waals surface area contributed by atoms with Gasteiger partial charge in [-0.2, -0.15) is 11.8 Å². The Morgan fingerprint density at radius 1 is 1.28 bits per heavy atom. The number of rotatable bonds is 5. The van der Waals surface area contributed by atoms with Crippen LogP contribution in [-0.2, 0) is 15.6 Å². The second-order valence-electron chi connectivity index (χ2n) is 4.75. The molecule has 1 saturated carbocycles. The second-order valence-corrected chi connectivity index (χ2v) is 9.03. The summed E-state index contributed by atoms with van der Waals surface area (Å²) in [5.41, 5.74) is 0. The van der Waals surface area contributed by atoms with Gasteiger partial charge in [-0.05, 0) is 24.5 Å². The Morgan fingerprint density at radius 3 is 2.61 bits per heavy atom. The van der Waals surface area contributed by atoms with E-state index in [1.807, 2.05) is 11.8 Å². The normalized spacial score (nSPS) is 18.1. The Hall–Kier alpha value is -0.140. The molecule has 0 bridgehead atoms. The molecule has 1 heterocycles. The monoisotopic (exact) mass is 306 g/mol. The fourth-order valence-electron chi connectivity index (χ4n) is 2.11. The zero-order chi connectivity index (χ0) is 13.0. The van der Waals surface area contributed by atoms with Crippen LogP contribution in [0, 0.1) is 5.92 Å². The molecule has 1 aromatic rings. The van der Waals surface area contributed by atoms with Crippen molar-refractivity contribution >= 4 is 32.9 Å². The summed E-state index contributed by atoms with van der Waals surface area (Å²) in [5, 5.41) is 8.47. The molecule has 0 radical (unpaired) electrons. The van der Waals surface area contributed by atoms with Crippen LogP contribution in [0.4, 0.5) is 0 Å². The van der Waals surface area contributed by atoms with Crippen molar-refractivity contribution in [3.05, 3.63) is 5.01 Å². The molecular weight excluding hydrogens is 288 g/mol. The first kappa shape index (κ1) is 14.3. The Kier molecular flexibility index (Phi) is 5.03. The molecule has 1 aromatic heterocycles. The van der Waals surface area contributed by atoms with Gasteiger partial charge >= 0.3 is 0 Å². The van der Waals surface area contributed by atoms with Crippen molar-refractivity contribution in [1.82, 2.24) is 10.2 Å². The number of sulfone groups is 1. The Balaban J connectivity index is 1.78. The van der Waals surface area contributed by atoms with Gasteiger partial charge in [0.2, 0.25) is 14.2 Å². The molecule has 2 rings (SSSR count). The lowest BCUT2D eigenvalue weighted by Crippen LogP contribution is -2.08. The Labute approximate surface area is 117 Å². The zero-order valence-corrected chi connectivity index (χ0v) is 12.9. The minimum Gasteiger partial charge on any atom is -0.221 e. The van der Waals surface area contributed by atoms with Gasteiger partial charge in [-0.1, -0.05) is 30.6 Å². The first-order valence-electron chi connectivity index (χ1n) is 6.16. The SMILES string of the molecule is CS(=O)(=O)c1nnc(CSCC2CCCCC2)s1. The summed E-state index contributed by atoms with van der Waals surface area (Å²) in [5.74, 6) is 2.78. The predicted molar refractivity (Wildman–Crippen MR) is 75.8 cm³/mol. The van der Waals surface area contributed by atoms with E-state index in [9.17, 15) is 8.42 Å². The van der Waals surface area contributed by atoms with Crippen molar-refractivity contribution < 1.29 is 8.42 Å². The third-order valence-electron chi connectivity index (χ3n) is 3.07. The van der Waals surface area contributed by atoms with E-state index in [4.69, 9.17) is 0 Å². The molecule has 0 aromatic carbocycles.